The lowest BCUT2D eigenvalue weighted by atomic mass is 10.1. The molecule has 5 heteroatoms. The van der Waals surface area contributed by atoms with E-state index in [1.165, 1.54) is 16.5 Å². The van der Waals surface area contributed by atoms with Crippen molar-refractivity contribution in [2.45, 2.75) is 19.4 Å². The summed E-state index contributed by atoms with van der Waals surface area (Å²) >= 11 is 0. The van der Waals surface area contributed by atoms with Crippen LogP contribution < -0.4 is 10.6 Å². The number of carbonyl (C=O) groups excluding carboxylic acids is 1. The summed E-state index contributed by atoms with van der Waals surface area (Å²) in [6, 6.07) is 15.1. The van der Waals surface area contributed by atoms with Crippen LogP contribution in [-0.4, -0.2) is 29.3 Å². The Morgan fingerprint density at radius 2 is 2.00 bits per heavy atom. The van der Waals surface area contributed by atoms with E-state index >= 15 is 0 Å². The van der Waals surface area contributed by atoms with Crippen LogP contribution in [0.25, 0.3) is 10.9 Å². The summed E-state index contributed by atoms with van der Waals surface area (Å²) in [6.07, 6.45) is 2.73. The molecular weight excluding hydrogens is 314 g/mol. The maximum Gasteiger partial charge on any atom is 0.315 e. The lowest BCUT2D eigenvalue weighted by molar-refractivity contribution is 0.217. The number of amides is 2. The summed E-state index contributed by atoms with van der Waals surface area (Å²) in [7, 11) is 0. The minimum absolute atomic E-state index is 0.140. The van der Waals surface area contributed by atoms with E-state index in [1.54, 1.807) is 0 Å². The normalized spacial score (nSPS) is 12.1. The third-order valence-electron chi connectivity index (χ3n) is 4.29. The van der Waals surface area contributed by atoms with E-state index in [9.17, 15) is 9.90 Å². The number of carbonyl (C=O) groups is 1. The summed E-state index contributed by atoms with van der Waals surface area (Å²) in [4.78, 5) is 15.3. The van der Waals surface area contributed by atoms with Gasteiger partial charge in [0, 0.05) is 23.6 Å². The Labute approximate surface area is 147 Å². The number of hydrogen-bond donors (Lipinski definition) is 4. The quantitative estimate of drug-likeness (QED) is 0.558. The van der Waals surface area contributed by atoms with Gasteiger partial charge in [-0.05, 0) is 36.1 Å². The van der Waals surface area contributed by atoms with Crippen molar-refractivity contribution in [3.63, 3.8) is 0 Å². The summed E-state index contributed by atoms with van der Waals surface area (Å²) in [5, 5.41) is 16.3. The molecule has 1 atom stereocenters. The third kappa shape index (κ3) is 4.19. The molecule has 130 valence electrons. The second-order valence-electron chi connectivity index (χ2n) is 6.16. The minimum atomic E-state index is -0.405. The molecule has 2 amide bonds. The summed E-state index contributed by atoms with van der Waals surface area (Å²) in [5.74, 6) is 0. The second kappa shape index (κ2) is 7.85. The van der Waals surface area contributed by atoms with Crippen LogP contribution in [-0.2, 0) is 6.42 Å². The van der Waals surface area contributed by atoms with E-state index in [-0.39, 0.29) is 12.6 Å². The van der Waals surface area contributed by atoms with Crippen LogP contribution in [0.15, 0.2) is 54.7 Å². The van der Waals surface area contributed by atoms with Gasteiger partial charge in [0.05, 0.1) is 12.6 Å². The molecule has 1 aromatic heterocycles. The number of benzene rings is 2. The average Bonchev–Trinajstić information content (AvgIpc) is 3.02. The number of H-pyrrole nitrogens is 1. The Morgan fingerprint density at radius 1 is 1.20 bits per heavy atom. The molecule has 0 aliphatic rings. The number of rotatable bonds is 6. The molecule has 3 aromatic rings. The summed E-state index contributed by atoms with van der Waals surface area (Å²) in [5.41, 5.74) is 4.39. The van der Waals surface area contributed by atoms with Gasteiger partial charge < -0.3 is 20.7 Å². The topological polar surface area (TPSA) is 77.2 Å². The van der Waals surface area contributed by atoms with Gasteiger partial charge in [0.2, 0.25) is 0 Å². The standard InChI is InChI=1S/C20H23N3O2/c1-14-7-8-17-16(12-22-18(17)11-14)9-10-21-20(25)23-19(13-24)15-5-3-2-4-6-15/h2-8,11-12,19,22,24H,9-10,13H2,1H3,(H2,21,23,25). The van der Waals surface area contributed by atoms with Gasteiger partial charge in [-0.25, -0.2) is 4.79 Å². The van der Waals surface area contributed by atoms with Crippen molar-refractivity contribution < 1.29 is 9.90 Å². The second-order valence-corrected chi connectivity index (χ2v) is 6.16. The first-order valence-electron chi connectivity index (χ1n) is 8.44. The Kier molecular flexibility index (Phi) is 5.36. The molecule has 0 spiro atoms. The van der Waals surface area contributed by atoms with Crippen LogP contribution in [0.2, 0.25) is 0 Å². The fourth-order valence-electron chi connectivity index (χ4n) is 2.95. The number of urea groups is 1. The molecule has 0 aliphatic carbocycles. The maximum atomic E-state index is 12.1. The molecule has 0 aliphatic heterocycles. The van der Waals surface area contributed by atoms with Crippen molar-refractivity contribution in [3.8, 4) is 0 Å². The fraction of sp³-hybridized carbons (Fsp3) is 0.250. The molecule has 0 fully saturated rings. The number of aliphatic hydroxyl groups excluding tert-OH is 1. The van der Waals surface area contributed by atoms with Crippen LogP contribution in [0.3, 0.4) is 0 Å². The molecule has 0 bridgehead atoms. The highest BCUT2D eigenvalue weighted by Gasteiger charge is 2.13. The fourth-order valence-corrected chi connectivity index (χ4v) is 2.95. The number of nitrogens with one attached hydrogen (secondary N) is 3. The van der Waals surface area contributed by atoms with E-state index in [0.29, 0.717) is 6.54 Å². The summed E-state index contributed by atoms with van der Waals surface area (Å²) in [6.45, 7) is 2.45. The molecule has 0 saturated heterocycles. The van der Waals surface area contributed by atoms with Crippen LogP contribution in [0.5, 0.6) is 0 Å². The van der Waals surface area contributed by atoms with Crippen molar-refractivity contribution in [2.24, 2.45) is 0 Å². The predicted molar refractivity (Wildman–Crippen MR) is 99.5 cm³/mol. The molecule has 4 N–H and O–H groups in total. The van der Waals surface area contributed by atoms with Crippen molar-refractivity contribution >= 4 is 16.9 Å². The Bertz CT molecular complexity index is 843. The minimum Gasteiger partial charge on any atom is -0.394 e. The number of aromatic nitrogens is 1. The van der Waals surface area contributed by atoms with E-state index < -0.39 is 6.04 Å². The van der Waals surface area contributed by atoms with Gasteiger partial charge in [0.25, 0.3) is 0 Å². The van der Waals surface area contributed by atoms with Crippen LogP contribution in [0, 0.1) is 6.92 Å². The lowest BCUT2D eigenvalue weighted by Crippen LogP contribution is -2.40. The molecule has 1 unspecified atom stereocenters. The molecular formula is C20H23N3O2. The first-order chi connectivity index (χ1) is 12.2. The average molecular weight is 337 g/mol. The molecule has 0 saturated carbocycles. The Balaban J connectivity index is 1.53. The highest BCUT2D eigenvalue weighted by molar-refractivity contribution is 5.84. The molecule has 3 rings (SSSR count). The first-order valence-corrected chi connectivity index (χ1v) is 8.44. The zero-order valence-corrected chi connectivity index (χ0v) is 14.3. The van der Waals surface area contributed by atoms with Gasteiger partial charge in [0.15, 0.2) is 0 Å². The van der Waals surface area contributed by atoms with Crippen LogP contribution in [0.4, 0.5) is 4.79 Å². The van der Waals surface area contributed by atoms with Gasteiger partial charge in [-0.15, -0.1) is 0 Å². The maximum absolute atomic E-state index is 12.1. The van der Waals surface area contributed by atoms with Gasteiger partial charge >= 0.3 is 6.03 Å². The van der Waals surface area contributed by atoms with Crippen LogP contribution in [0.1, 0.15) is 22.7 Å². The monoisotopic (exact) mass is 337 g/mol. The zero-order chi connectivity index (χ0) is 17.6. The molecule has 1 heterocycles. The lowest BCUT2D eigenvalue weighted by Gasteiger charge is -2.17. The van der Waals surface area contributed by atoms with Crippen molar-refractivity contribution in [1.82, 2.24) is 15.6 Å². The number of hydrogen-bond acceptors (Lipinski definition) is 2. The van der Waals surface area contributed by atoms with E-state index in [4.69, 9.17) is 0 Å². The first kappa shape index (κ1) is 17.0. The summed E-state index contributed by atoms with van der Waals surface area (Å²) < 4.78 is 0. The Morgan fingerprint density at radius 3 is 2.76 bits per heavy atom. The van der Waals surface area contributed by atoms with Crippen molar-refractivity contribution in [2.75, 3.05) is 13.2 Å². The number of aromatic amines is 1. The highest BCUT2D eigenvalue weighted by Crippen LogP contribution is 2.19. The van der Waals surface area contributed by atoms with Gasteiger partial charge in [-0.3, -0.25) is 0 Å². The largest absolute Gasteiger partial charge is 0.394 e. The van der Waals surface area contributed by atoms with E-state index in [1.807, 2.05) is 36.5 Å². The Hall–Kier alpha value is -2.79. The van der Waals surface area contributed by atoms with Crippen molar-refractivity contribution in [1.29, 1.82) is 0 Å². The number of aliphatic hydroxyl groups is 1. The number of aryl methyl sites for hydroxylation is 1. The zero-order valence-electron chi connectivity index (χ0n) is 14.3. The van der Waals surface area contributed by atoms with Gasteiger partial charge in [-0.2, -0.15) is 0 Å². The van der Waals surface area contributed by atoms with E-state index in [0.717, 1.165) is 17.5 Å². The van der Waals surface area contributed by atoms with Crippen molar-refractivity contribution in [3.05, 3.63) is 71.4 Å². The third-order valence-corrected chi connectivity index (χ3v) is 4.29. The molecule has 2 aromatic carbocycles. The van der Waals surface area contributed by atoms with Gasteiger partial charge in [-0.1, -0.05) is 42.5 Å². The SMILES string of the molecule is Cc1ccc2c(CCNC(=O)NC(CO)c3ccccc3)c[nH]c2c1. The molecule has 5 nitrogen and oxygen atoms in total. The number of fused-ring (bicyclic) bond motifs is 1. The van der Waals surface area contributed by atoms with E-state index in [2.05, 4.69) is 40.7 Å². The highest BCUT2D eigenvalue weighted by atomic mass is 16.3. The van der Waals surface area contributed by atoms with Crippen LogP contribution >= 0.6 is 0 Å². The predicted octanol–water partition coefficient (Wildman–Crippen LogP) is 3.05. The molecule has 25 heavy (non-hydrogen) atoms. The smallest absolute Gasteiger partial charge is 0.315 e. The van der Waals surface area contributed by atoms with Gasteiger partial charge in [0.1, 0.15) is 0 Å². The molecule has 0 radical (unpaired) electrons.